The lowest BCUT2D eigenvalue weighted by Gasteiger charge is -1.92. The van der Waals surface area contributed by atoms with Crippen LogP contribution in [0.5, 0.6) is 5.06 Å². The van der Waals surface area contributed by atoms with Gasteiger partial charge in [-0.15, -0.1) is 0 Å². The van der Waals surface area contributed by atoms with Crippen LogP contribution in [-0.4, -0.2) is 12.3 Å². The minimum absolute atomic E-state index is 0.371. The van der Waals surface area contributed by atoms with Crippen molar-refractivity contribution in [2.75, 3.05) is 0 Å². The summed E-state index contributed by atoms with van der Waals surface area (Å²) in [6.07, 6.45) is 0.720. The molecule has 0 atom stereocenters. The SMILES string of the molecule is CC.CC(=O)Oc1ccc(C=O)s1. The van der Waals surface area contributed by atoms with Gasteiger partial charge < -0.3 is 4.74 Å². The Kier molecular flexibility index (Phi) is 5.80. The third-order valence-corrected chi connectivity index (χ3v) is 1.85. The normalized spacial score (nSPS) is 8.23. The molecule has 1 rings (SSSR count). The first kappa shape index (κ1) is 11.8. The van der Waals surface area contributed by atoms with E-state index in [1.165, 1.54) is 6.92 Å². The highest BCUT2D eigenvalue weighted by molar-refractivity contribution is 7.15. The van der Waals surface area contributed by atoms with E-state index in [1.807, 2.05) is 13.8 Å². The van der Waals surface area contributed by atoms with Crippen LogP contribution in [0, 0.1) is 0 Å². The molecule has 0 bridgehead atoms. The Hall–Kier alpha value is -1.16. The summed E-state index contributed by atoms with van der Waals surface area (Å²) in [6.45, 7) is 5.32. The van der Waals surface area contributed by atoms with Crippen molar-refractivity contribution >= 4 is 23.6 Å². The van der Waals surface area contributed by atoms with Crippen LogP contribution in [0.15, 0.2) is 12.1 Å². The maximum atomic E-state index is 10.4. The summed E-state index contributed by atoms with van der Waals surface area (Å²) in [4.78, 5) is 21.1. The van der Waals surface area contributed by atoms with Crippen molar-refractivity contribution in [1.82, 2.24) is 0 Å². The summed E-state index contributed by atoms with van der Waals surface area (Å²) in [7, 11) is 0. The van der Waals surface area contributed by atoms with E-state index in [0.717, 1.165) is 17.6 Å². The minimum Gasteiger partial charge on any atom is -0.416 e. The number of hydrogen-bond acceptors (Lipinski definition) is 4. The molecule has 0 saturated heterocycles. The van der Waals surface area contributed by atoms with Crippen molar-refractivity contribution < 1.29 is 14.3 Å². The highest BCUT2D eigenvalue weighted by Crippen LogP contribution is 2.22. The Morgan fingerprint density at radius 1 is 1.46 bits per heavy atom. The average molecular weight is 200 g/mol. The van der Waals surface area contributed by atoms with Crippen molar-refractivity contribution in [3.05, 3.63) is 17.0 Å². The van der Waals surface area contributed by atoms with E-state index < -0.39 is 0 Å². The molecule has 0 aliphatic heterocycles. The first-order valence-electron chi connectivity index (χ1n) is 3.96. The van der Waals surface area contributed by atoms with E-state index in [4.69, 9.17) is 4.74 Å². The van der Waals surface area contributed by atoms with Gasteiger partial charge in [-0.1, -0.05) is 25.2 Å². The topological polar surface area (TPSA) is 43.4 Å². The van der Waals surface area contributed by atoms with Crippen LogP contribution in [0.4, 0.5) is 0 Å². The van der Waals surface area contributed by atoms with Crippen LogP contribution in [0.3, 0.4) is 0 Å². The van der Waals surface area contributed by atoms with Gasteiger partial charge in [0, 0.05) is 6.92 Å². The predicted molar refractivity (Wildman–Crippen MR) is 52.4 cm³/mol. The van der Waals surface area contributed by atoms with Gasteiger partial charge in [-0.25, -0.2) is 0 Å². The monoisotopic (exact) mass is 200 g/mol. The number of ether oxygens (including phenoxy) is 1. The molecule has 0 saturated carbocycles. The van der Waals surface area contributed by atoms with Gasteiger partial charge in [0.05, 0.1) is 4.88 Å². The Balaban J connectivity index is 0.000000671. The van der Waals surface area contributed by atoms with Gasteiger partial charge in [0.1, 0.15) is 0 Å². The first-order valence-corrected chi connectivity index (χ1v) is 4.77. The summed E-state index contributed by atoms with van der Waals surface area (Å²) in [5.41, 5.74) is 0. The van der Waals surface area contributed by atoms with E-state index in [9.17, 15) is 9.59 Å². The Morgan fingerprint density at radius 3 is 2.46 bits per heavy atom. The fourth-order valence-corrected chi connectivity index (χ4v) is 1.31. The Bertz CT molecular complexity index is 278. The molecular weight excluding hydrogens is 188 g/mol. The van der Waals surface area contributed by atoms with Crippen molar-refractivity contribution in [2.45, 2.75) is 20.8 Å². The third kappa shape index (κ3) is 4.42. The lowest BCUT2D eigenvalue weighted by Crippen LogP contribution is -1.98. The lowest BCUT2D eigenvalue weighted by molar-refractivity contribution is -0.131. The Morgan fingerprint density at radius 2 is 2.08 bits per heavy atom. The quantitative estimate of drug-likeness (QED) is 0.544. The molecule has 72 valence electrons. The molecule has 0 aromatic carbocycles. The molecule has 0 unspecified atom stereocenters. The number of thiophene rings is 1. The second-order valence-electron chi connectivity index (χ2n) is 1.87. The molecule has 0 N–H and O–H groups in total. The highest BCUT2D eigenvalue weighted by Gasteiger charge is 2.01. The molecule has 0 aliphatic carbocycles. The van der Waals surface area contributed by atoms with E-state index in [-0.39, 0.29) is 5.97 Å². The van der Waals surface area contributed by atoms with Gasteiger partial charge in [0.2, 0.25) is 0 Å². The lowest BCUT2D eigenvalue weighted by atomic mass is 10.5. The summed E-state index contributed by atoms with van der Waals surface area (Å²) in [5.74, 6) is -0.371. The standard InChI is InChI=1S/C7H6O3S.C2H6/c1-5(9)10-7-3-2-6(4-8)11-7;1-2/h2-4H,1H3;1-2H3. The molecule has 3 nitrogen and oxygen atoms in total. The molecule has 1 heterocycles. The number of hydrogen-bond donors (Lipinski definition) is 0. The highest BCUT2D eigenvalue weighted by atomic mass is 32.1. The molecule has 0 spiro atoms. The van der Waals surface area contributed by atoms with Crippen molar-refractivity contribution in [1.29, 1.82) is 0 Å². The van der Waals surface area contributed by atoms with Crippen molar-refractivity contribution in [3.8, 4) is 5.06 Å². The number of aldehydes is 1. The zero-order valence-corrected chi connectivity index (χ0v) is 8.68. The fraction of sp³-hybridized carbons (Fsp3) is 0.333. The van der Waals surface area contributed by atoms with Gasteiger partial charge >= 0.3 is 5.97 Å². The summed E-state index contributed by atoms with van der Waals surface area (Å²) in [6, 6.07) is 3.20. The van der Waals surface area contributed by atoms with Gasteiger partial charge in [0.15, 0.2) is 11.3 Å². The summed E-state index contributed by atoms with van der Waals surface area (Å²) < 4.78 is 4.72. The smallest absolute Gasteiger partial charge is 0.308 e. The van der Waals surface area contributed by atoms with E-state index in [0.29, 0.717) is 9.94 Å². The van der Waals surface area contributed by atoms with Crippen LogP contribution in [0.25, 0.3) is 0 Å². The fourth-order valence-electron chi connectivity index (χ4n) is 0.594. The first-order chi connectivity index (χ1) is 6.22. The average Bonchev–Trinajstić information content (AvgIpc) is 2.55. The van der Waals surface area contributed by atoms with Gasteiger partial charge in [-0.05, 0) is 12.1 Å². The molecule has 0 fully saturated rings. The summed E-state index contributed by atoms with van der Waals surface area (Å²) in [5, 5.41) is 0.458. The van der Waals surface area contributed by atoms with E-state index in [1.54, 1.807) is 12.1 Å². The molecule has 1 aromatic rings. The van der Waals surface area contributed by atoms with Crippen molar-refractivity contribution in [2.24, 2.45) is 0 Å². The number of carbonyl (C=O) groups excluding carboxylic acids is 2. The predicted octanol–water partition coefficient (Wildman–Crippen LogP) is 2.51. The second kappa shape index (κ2) is 6.37. The summed E-state index contributed by atoms with van der Waals surface area (Å²) >= 11 is 1.15. The van der Waals surface area contributed by atoms with E-state index >= 15 is 0 Å². The largest absolute Gasteiger partial charge is 0.416 e. The third-order valence-electron chi connectivity index (χ3n) is 0.963. The molecule has 1 aromatic heterocycles. The number of carbonyl (C=O) groups is 2. The van der Waals surface area contributed by atoms with Gasteiger partial charge in [-0.3, -0.25) is 9.59 Å². The molecular formula is C9H12O3S. The number of rotatable bonds is 2. The number of esters is 1. The zero-order chi connectivity index (χ0) is 10.3. The second-order valence-corrected chi connectivity index (χ2v) is 2.95. The van der Waals surface area contributed by atoms with Gasteiger partial charge in [0.25, 0.3) is 0 Å². The van der Waals surface area contributed by atoms with Crippen LogP contribution in [-0.2, 0) is 4.79 Å². The minimum atomic E-state index is -0.371. The molecule has 13 heavy (non-hydrogen) atoms. The maximum absolute atomic E-state index is 10.4. The molecule has 0 radical (unpaired) electrons. The molecule has 0 amide bonds. The molecule has 4 heteroatoms. The van der Waals surface area contributed by atoms with Crippen LogP contribution < -0.4 is 4.74 Å². The van der Waals surface area contributed by atoms with Crippen molar-refractivity contribution in [3.63, 3.8) is 0 Å². The van der Waals surface area contributed by atoms with Crippen LogP contribution in [0.2, 0.25) is 0 Å². The molecule has 0 aliphatic rings. The maximum Gasteiger partial charge on any atom is 0.308 e. The van der Waals surface area contributed by atoms with E-state index in [2.05, 4.69) is 0 Å². The van der Waals surface area contributed by atoms with Crippen LogP contribution >= 0.6 is 11.3 Å². The van der Waals surface area contributed by atoms with Gasteiger partial charge in [-0.2, -0.15) is 0 Å². The van der Waals surface area contributed by atoms with Crippen LogP contribution in [0.1, 0.15) is 30.4 Å². The zero-order valence-electron chi connectivity index (χ0n) is 7.87. The Labute approximate surface area is 81.3 Å².